The standard InChI is InChI=1S/C16H29NS2/c1-6-10-17-13(12-18-16(3,4)5)11-15-9-8-14(7-2)19-15/h8-9,13,17H,6-7,10-12H2,1-5H3. The van der Waals surface area contributed by atoms with Crippen LogP contribution in [0.1, 0.15) is 50.8 Å². The molecule has 1 rings (SSSR count). The molecule has 1 atom stereocenters. The first kappa shape index (κ1) is 17.1. The Labute approximate surface area is 127 Å². The molecule has 1 heterocycles. The van der Waals surface area contributed by atoms with E-state index in [1.165, 1.54) is 28.3 Å². The van der Waals surface area contributed by atoms with Crippen LogP contribution < -0.4 is 5.32 Å². The number of thioether (sulfide) groups is 1. The third kappa shape index (κ3) is 7.38. The summed E-state index contributed by atoms with van der Waals surface area (Å²) < 4.78 is 0.357. The molecule has 1 nitrogen and oxygen atoms in total. The highest BCUT2D eigenvalue weighted by atomic mass is 32.2. The van der Waals surface area contributed by atoms with Gasteiger partial charge in [0.25, 0.3) is 0 Å². The predicted octanol–water partition coefficient (Wildman–Crippen LogP) is 4.75. The molecule has 0 aromatic carbocycles. The van der Waals surface area contributed by atoms with Crippen molar-refractivity contribution >= 4 is 23.1 Å². The van der Waals surface area contributed by atoms with Gasteiger partial charge in [-0.3, -0.25) is 0 Å². The average Bonchev–Trinajstić information content (AvgIpc) is 2.79. The van der Waals surface area contributed by atoms with E-state index in [1.54, 1.807) is 0 Å². The summed E-state index contributed by atoms with van der Waals surface area (Å²) >= 11 is 4.04. The maximum atomic E-state index is 3.70. The van der Waals surface area contributed by atoms with Gasteiger partial charge < -0.3 is 5.32 Å². The van der Waals surface area contributed by atoms with Crippen molar-refractivity contribution in [1.29, 1.82) is 0 Å². The van der Waals surface area contributed by atoms with Crippen LogP contribution in [0.15, 0.2) is 12.1 Å². The normalized spacial score (nSPS) is 13.7. The molecule has 0 saturated carbocycles. The van der Waals surface area contributed by atoms with Crippen molar-refractivity contribution in [3.8, 4) is 0 Å². The molecule has 1 N–H and O–H groups in total. The maximum Gasteiger partial charge on any atom is 0.0206 e. The van der Waals surface area contributed by atoms with Gasteiger partial charge in [-0.2, -0.15) is 11.8 Å². The number of rotatable bonds is 8. The highest BCUT2D eigenvalue weighted by molar-refractivity contribution is 8.00. The van der Waals surface area contributed by atoms with E-state index in [9.17, 15) is 0 Å². The summed E-state index contributed by atoms with van der Waals surface area (Å²) in [5.41, 5.74) is 0. The Kier molecular flexibility index (Phi) is 7.48. The van der Waals surface area contributed by atoms with Gasteiger partial charge >= 0.3 is 0 Å². The van der Waals surface area contributed by atoms with Gasteiger partial charge in [0.05, 0.1) is 0 Å². The Morgan fingerprint density at radius 3 is 2.42 bits per heavy atom. The summed E-state index contributed by atoms with van der Waals surface area (Å²) in [6.45, 7) is 12.5. The van der Waals surface area contributed by atoms with Crippen LogP contribution in [0.25, 0.3) is 0 Å². The second-order valence-corrected chi connectivity index (χ2v) is 9.10. The molecule has 0 amide bonds. The van der Waals surface area contributed by atoms with E-state index in [4.69, 9.17) is 0 Å². The molecular formula is C16H29NS2. The zero-order valence-corrected chi connectivity index (χ0v) is 14.7. The monoisotopic (exact) mass is 299 g/mol. The zero-order valence-electron chi connectivity index (χ0n) is 13.1. The van der Waals surface area contributed by atoms with Crippen molar-refractivity contribution in [2.24, 2.45) is 0 Å². The van der Waals surface area contributed by atoms with Crippen LogP contribution in [0, 0.1) is 0 Å². The van der Waals surface area contributed by atoms with Gasteiger partial charge in [-0.25, -0.2) is 0 Å². The third-order valence-corrected chi connectivity index (χ3v) is 5.60. The van der Waals surface area contributed by atoms with Crippen LogP contribution in [-0.4, -0.2) is 23.1 Å². The van der Waals surface area contributed by atoms with Crippen molar-refractivity contribution in [1.82, 2.24) is 5.32 Å². The first-order valence-electron chi connectivity index (χ1n) is 7.39. The van der Waals surface area contributed by atoms with Gasteiger partial charge in [-0.15, -0.1) is 11.3 Å². The molecule has 110 valence electrons. The number of hydrogen-bond donors (Lipinski definition) is 1. The lowest BCUT2D eigenvalue weighted by Gasteiger charge is -2.23. The van der Waals surface area contributed by atoms with Gasteiger partial charge in [0, 0.05) is 26.3 Å². The van der Waals surface area contributed by atoms with Gasteiger partial charge in [-0.05, 0) is 37.9 Å². The second-order valence-electron chi connectivity index (χ2n) is 6.00. The summed E-state index contributed by atoms with van der Waals surface area (Å²) in [5.74, 6) is 1.20. The van der Waals surface area contributed by atoms with Gasteiger partial charge in [0.1, 0.15) is 0 Å². The smallest absolute Gasteiger partial charge is 0.0206 e. The molecule has 0 aliphatic heterocycles. The molecule has 0 saturated heterocycles. The Morgan fingerprint density at radius 2 is 1.89 bits per heavy atom. The topological polar surface area (TPSA) is 12.0 Å². The molecule has 1 aromatic rings. The molecule has 0 radical (unpaired) electrons. The predicted molar refractivity (Wildman–Crippen MR) is 91.7 cm³/mol. The third-order valence-electron chi connectivity index (χ3n) is 2.91. The van der Waals surface area contributed by atoms with E-state index >= 15 is 0 Å². The first-order valence-corrected chi connectivity index (χ1v) is 9.19. The second kappa shape index (κ2) is 8.33. The van der Waals surface area contributed by atoms with Crippen molar-refractivity contribution < 1.29 is 0 Å². The molecule has 0 aliphatic rings. The van der Waals surface area contributed by atoms with E-state index in [0.29, 0.717) is 10.8 Å². The van der Waals surface area contributed by atoms with Crippen LogP contribution in [0.3, 0.4) is 0 Å². The summed E-state index contributed by atoms with van der Waals surface area (Å²) in [6, 6.07) is 5.20. The van der Waals surface area contributed by atoms with Gasteiger partial charge in [0.2, 0.25) is 0 Å². The number of hydrogen-bond acceptors (Lipinski definition) is 3. The zero-order chi connectivity index (χ0) is 14.3. The largest absolute Gasteiger partial charge is 0.313 e. The minimum Gasteiger partial charge on any atom is -0.313 e. The molecule has 0 aliphatic carbocycles. The molecule has 0 spiro atoms. The van der Waals surface area contributed by atoms with Crippen molar-refractivity contribution in [3.63, 3.8) is 0 Å². The van der Waals surface area contributed by atoms with E-state index in [1.807, 2.05) is 11.3 Å². The maximum absolute atomic E-state index is 3.70. The number of nitrogens with one attached hydrogen (secondary N) is 1. The summed E-state index contributed by atoms with van der Waals surface area (Å²) in [7, 11) is 0. The highest BCUT2D eigenvalue weighted by Crippen LogP contribution is 2.25. The summed E-state index contributed by atoms with van der Waals surface area (Å²) in [5, 5.41) is 3.70. The Hall–Kier alpha value is 0.01000. The Morgan fingerprint density at radius 1 is 1.21 bits per heavy atom. The van der Waals surface area contributed by atoms with E-state index in [0.717, 1.165) is 13.0 Å². The lowest BCUT2D eigenvalue weighted by molar-refractivity contribution is 0.551. The number of thiophene rings is 1. The van der Waals surface area contributed by atoms with Crippen molar-refractivity contribution in [2.75, 3.05) is 12.3 Å². The van der Waals surface area contributed by atoms with E-state index < -0.39 is 0 Å². The highest BCUT2D eigenvalue weighted by Gasteiger charge is 2.16. The molecule has 0 fully saturated rings. The minimum atomic E-state index is 0.357. The van der Waals surface area contributed by atoms with Crippen LogP contribution in [-0.2, 0) is 12.8 Å². The molecule has 1 aromatic heterocycles. The number of aryl methyl sites for hydroxylation is 1. The van der Waals surface area contributed by atoms with Crippen molar-refractivity contribution in [2.45, 2.75) is 64.7 Å². The Balaban J connectivity index is 2.52. The molecule has 1 unspecified atom stereocenters. The fourth-order valence-corrected chi connectivity index (χ4v) is 3.83. The van der Waals surface area contributed by atoms with Crippen LogP contribution in [0.5, 0.6) is 0 Å². The van der Waals surface area contributed by atoms with Crippen LogP contribution in [0.2, 0.25) is 0 Å². The Bertz CT molecular complexity index is 352. The van der Waals surface area contributed by atoms with Crippen LogP contribution >= 0.6 is 23.1 Å². The molecule has 0 bridgehead atoms. The molecular weight excluding hydrogens is 270 g/mol. The molecule has 3 heteroatoms. The lowest BCUT2D eigenvalue weighted by atomic mass is 10.2. The SMILES string of the molecule is CCCNC(CSC(C)(C)C)Cc1ccc(CC)s1. The first-order chi connectivity index (χ1) is 8.94. The summed E-state index contributed by atoms with van der Waals surface area (Å²) in [4.78, 5) is 3.03. The van der Waals surface area contributed by atoms with Gasteiger partial charge in [-0.1, -0.05) is 34.6 Å². The van der Waals surface area contributed by atoms with Crippen LogP contribution in [0.4, 0.5) is 0 Å². The average molecular weight is 300 g/mol. The fourth-order valence-electron chi connectivity index (χ4n) is 1.85. The molecule has 19 heavy (non-hydrogen) atoms. The lowest BCUT2D eigenvalue weighted by Crippen LogP contribution is -2.35. The minimum absolute atomic E-state index is 0.357. The summed E-state index contributed by atoms with van der Waals surface area (Å²) in [6.07, 6.45) is 3.55. The van der Waals surface area contributed by atoms with E-state index in [-0.39, 0.29) is 0 Å². The van der Waals surface area contributed by atoms with Crippen molar-refractivity contribution in [3.05, 3.63) is 21.9 Å². The quantitative estimate of drug-likeness (QED) is 0.743. The fraction of sp³-hybridized carbons (Fsp3) is 0.750. The van der Waals surface area contributed by atoms with Gasteiger partial charge in [0.15, 0.2) is 0 Å². The van der Waals surface area contributed by atoms with E-state index in [2.05, 4.69) is 63.8 Å².